The molecule has 2 rings (SSSR count). The molecule has 4 nitrogen and oxygen atoms in total. The molecule has 1 heterocycles. The lowest BCUT2D eigenvalue weighted by Gasteiger charge is -2.10. The maximum Gasteiger partial charge on any atom is 0.170 e. The Labute approximate surface area is 121 Å². The molecule has 2 aromatic rings. The third-order valence-corrected chi connectivity index (χ3v) is 3.13. The first-order valence-corrected chi connectivity index (χ1v) is 6.30. The van der Waals surface area contributed by atoms with Gasteiger partial charge in [-0.25, -0.2) is 18.7 Å². The predicted molar refractivity (Wildman–Crippen MR) is 72.8 cm³/mol. The van der Waals surface area contributed by atoms with Crippen molar-refractivity contribution in [2.45, 2.75) is 6.54 Å². The van der Waals surface area contributed by atoms with E-state index in [2.05, 4.69) is 31.2 Å². The largest absolute Gasteiger partial charge is 0.381 e. The number of aromatic nitrogens is 2. The Morgan fingerprint density at radius 2 is 2.00 bits per heavy atom. The summed E-state index contributed by atoms with van der Waals surface area (Å²) in [5, 5.41) is 2.49. The Bertz CT molecular complexity index is 624. The van der Waals surface area contributed by atoms with Crippen LogP contribution in [-0.2, 0) is 6.54 Å². The average Bonchev–Trinajstić information content (AvgIpc) is 2.38. The molecule has 0 unspecified atom stereocenters. The number of hydrogen-bond donors (Lipinski definition) is 2. The quantitative estimate of drug-likeness (QED) is 0.834. The lowest BCUT2D eigenvalue weighted by Crippen LogP contribution is -2.08. The van der Waals surface area contributed by atoms with E-state index < -0.39 is 11.6 Å². The Morgan fingerprint density at radius 1 is 1.32 bits per heavy atom. The van der Waals surface area contributed by atoms with Gasteiger partial charge in [0.2, 0.25) is 0 Å². The van der Waals surface area contributed by atoms with Crippen LogP contribution in [0.3, 0.4) is 0 Å². The number of nitrogen functional groups attached to an aromatic ring is 1. The molecule has 0 aliphatic heterocycles. The minimum absolute atomic E-state index is 0.00263. The number of nitrogens with zero attached hydrogens (tertiary/aromatic N) is 2. The van der Waals surface area contributed by atoms with Crippen molar-refractivity contribution < 1.29 is 8.78 Å². The zero-order valence-electron chi connectivity index (χ0n) is 9.42. The second kappa shape index (κ2) is 5.66. The first-order chi connectivity index (χ1) is 8.99. The van der Waals surface area contributed by atoms with Crippen molar-refractivity contribution in [1.82, 2.24) is 9.97 Å². The van der Waals surface area contributed by atoms with Crippen molar-refractivity contribution in [2.75, 3.05) is 11.1 Å². The van der Waals surface area contributed by atoms with E-state index in [0.717, 1.165) is 12.1 Å². The normalized spacial score (nSPS) is 10.5. The minimum Gasteiger partial charge on any atom is -0.381 e. The second-order valence-corrected chi connectivity index (χ2v) is 4.79. The molecule has 1 aromatic carbocycles. The first-order valence-electron chi connectivity index (χ1n) is 5.13. The molecule has 19 heavy (non-hydrogen) atoms. The second-order valence-electron chi connectivity index (χ2n) is 3.60. The van der Waals surface area contributed by atoms with Gasteiger partial charge in [-0.3, -0.25) is 0 Å². The van der Waals surface area contributed by atoms with Gasteiger partial charge in [-0.15, -0.1) is 0 Å². The van der Waals surface area contributed by atoms with E-state index in [9.17, 15) is 8.78 Å². The van der Waals surface area contributed by atoms with Crippen LogP contribution < -0.4 is 11.1 Å². The third kappa shape index (κ3) is 3.10. The van der Waals surface area contributed by atoms with Crippen molar-refractivity contribution in [1.29, 1.82) is 0 Å². The molecule has 0 spiro atoms. The van der Waals surface area contributed by atoms with Gasteiger partial charge in [0, 0.05) is 12.1 Å². The highest BCUT2D eigenvalue weighted by molar-refractivity contribution is 9.10. The van der Waals surface area contributed by atoms with Gasteiger partial charge in [-0.2, -0.15) is 0 Å². The highest BCUT2D eigenvalue weighted by Crippen LogP contribution is 2.24. The van der Waals surface area contributed by atoms with Crippen molar-refractivity contribution in [2.24, 2.45) is 0 Å². The van der Waals surface area contributed by atoms with E-state index in [-0.39, 0.29) is 28.8 Å². The number of benzene rings is 1. The molecule has 100 valence electrons. The molecule has 8 heteroatoms. The van der Waals surface area contributed by atoms with Crippen LogP contribution in [0.1, 0.15) is 5.56 Å². The summed E-state index contributed by atoms with van der Waals surface area (Å²) in [6, 6.07) is 1.97. The van der Waals surface area contributed by atoms with Crippen molar-refractivity contribution >= 4 is 39.2 Å². The maximum atomic E-state index is 13.5. The number of rotatable bonds is 3. The smallest absolute Gasteiger partial charge is 0.170 e. The van der Waals surface area contributed by atoms with Gasteiger partial charge >= 0.3 is 0 Å². The molecular weight excluding hydrogens is 342 g/mol. The Hall–Kier alpha value is -1.47. The molecule has 3 N–H and O–H groups in total. The van der Waals surface area contributed by atoms with Crippen LogP contribution >= 0.6 is 27.5 Å². The van der Waals surface area contributed by atoms with Gasteiger partial charge in [0.25, 0.3) is 0 Å². The molecule has 0 radical (unpaired) electrons. The number of hydrogen-bond acceptors (Lipinski definition) is 4. The maximum absolute atomic E-state index is 13.5. The molecule has 0 aliphatic carbocycles. The van der Waals surface area contributed by atoms with Crippen molar-refractivity contribution in [3.05, 3.63) is 45.2 Å². The van der Waals surface area contributed by atoms with Crippen LogP contribution in [0.4, 0.5) is 20.4 Å². The molecule has 1 aromatic heterocycles. The zero-order valence-corrected chi connectivity index (χ0v) is 11.8. The Balaban J connectivity index is 2.24. The lowest BCUT2D eigenvalue weighted by molar-refractivity contribution is 0.588. The van der Waals surface area contributed by atoms with E-state index in [4.69, 9.17) is 17.3 Å². The van der Waals surface area contributed by atoms with E-state index in [0.29, 0.717) is 4.60 Å². The average molecular weight is 350 g/mol. The van der Waals surface area contributed by atoms with Crippen molar-refractivity contribution in [3.63, 3.8) is 0 Å². The van der Waals surface area contributed by atoms with Crippen LogP contribution in [0, 0.1) is 11.6 Å². The number of halogens is 4. The summed E-state index contributed by atoms with van der Waals surface area (Å²) < 4.78 is 27.3. The highest BCUT2D eigenvalue weighted by Gasteiger charge is 2.13. The highest BCUT2D eigenvalue weighted by atomic mass is 79.9. The fourth-order valence-electron chi connectivity index (χ4n) is 1.41. The summed E-state index contributed by atoms with van der Waals surface area (Å²) >= 11 is 8.84. The standard InChI is InChI=1S/C11H8BrClF2N4/c12-8-4-17-10(16)11(19-8)18-3-5-6(14)1-2-7(15)9(5)13/h1-2,4H,3H2,(H2,16,17)(H,18,19). The van der Waals surface area contributed by atoms with Gasteiger partial charge in [-0.1, -0.05) is 11.6 Å². The molecule has 0 saturated carbocycles. The van der Waals surface area contributed by atoms with E-state index in [1.807, 2.05) is 0 Å². The molecule has 0 amide bonds. The van der Waals surface area contributed by atoms with Gasteiger partial charge in [0.05, 0.1) is 11.2 Å². The summed E-state index contributed by atoms with van der Waals surface area (Å²) in [4.78, 5) is 7.89. The van der Waals surface area contributed by atoms with Crippen LogP contribution in [0.2, 0.25) is 5.02 Å². The minimum atomic E-state index is -0.687. The summed E-state index contributed by atoms with van der Waals surface area (Å²) in [5.41, 5.74) is 5.60. The fourth-order valence-corrected chi connectivity index (χ4v) is 1.91. The zero-order chi connectivity index (χ0) is 14.0. The number of anilines is 2. The summed E-state index contributed by atoms with van der Waals surface area (Å²) in [6.07, 6.45) is 1.43. The number of nitrogens with two attached hydrogens (primary N) is 1. The van der Waals surface area contributed by atoms with Crippen LogP contribution in [0.25, 0.3) is 0 Å². The fraction of sp³-hybridized carbons (Fsp3) is 0.0909. The molecule has 0 fully saturated rings. The Morgan fingerprint density at radius 3 is 2.74 bits per heavy atom. The van der Waals surface area contributed by atoms with Crippen LogP contribution in [-0.4, -0.2) is 9.97 Å². The van der Waals surface area contributed by atoms with Gasteiger partial charge in [-0.05, 0) is 28.1 Å². The van der Waals surface area contributed by atoms with Crippen LogP contribution in [0.5, 0.6) is 0 Å². The van der Waals surface area contributed by atoms with E-state index in [1.165, 1.54) is 6.20 Å². The molecule has 0 bridgehead atoms. The number of nitrogens with one attached hydrogen (secondary N) is 1. The molecule has 0 aliphatic rings. The van der Waals surface area contributed by atoms with Gasteiger partial charge in [0.1, 0.15) is 16.2 Å². The predicted octanol–water partition coefficient (Wildman–Crippen LogP) is 3.37. The SMILES string of the molecule is Nc1ncc(Br)nc1NCc1c(F)ccc(F)c1Cl. The van der Waals surface area contributed by atoms with E-state index >= 15 is 0 Å². The monoisotopic (exact) mass is 348 g/mol. The van der Waals surface area contributed by atoms with Crippen LogP contribution in [0.15, 0.2) is 22.9 Å². The summed E-state index contributed by atoms with van der Waals surface area (Å²) in [5.74, 6) is -0.890. The molecule has 0 atom stereocenters. The van der Waals surface area contributed by atoms with E-state index in [1.54, 1.807) is 0 Å². The lowest BCUT2D eigenvalue weighted by atomic mass is 10.2. The van der Waals surface area contributed by atoms with Gasteiger partial charge < -0.3 is 11.1 Å². The summed E-state index contributed by atoms with van der Waals surface area (Å²) in [6.45, 7) is -0.0578. The molecule has 0 saturated heterocycles. The first kappa shape index (κ1) is 14.0. The van der Waals surface area contributed by atoms with Gasteiger partial charge in [0.15, 0.2) is 11.6 Å². The molecular formula is C11H8BrClF2N4. The summed E-state index contributed by atoms with van der Waals surface area (Å²) in [7, 11) is 0. The Kier molecular flexibility index (Phi) is 4.16. The van der Waals surface area contributed by atoms with Crippen molar-refractivity contribution in [3.8, 4) is 0 Å². The third-order valence-electron chi connectivity index (χ3n) is 2.34. The topological polar surface area (TPSA) is 63.8 Å².